The van der Waals surface area contributed by atoms with Crippen LogP contribution in [0.2, 0.25) is 0 Å². The predicted octanol–water partition coefficient (Wildman–Crippen LogP) is 4.12. The molecule has 2 aromatic carbocycles. The summed E-state index contributed by atoms with van der Waals surface area (Å²) in [5.74, 6) is -1.32. The minimum Gasteiger partial charge on any atom is -0.432 e. The maximum Gasteiger partial charge on any atom is 0.533 e. The highest BCUT2D eigenvalue weighted by atomic mass is 32.1. The summed E-state index contributed by atoms with van der Waals surface area (Å²) in [6.45, 7) is 1.50. The molecule has 1 unspecified atom stereocenters. The van der Waals surface area contributed by atoms with Crippen LogP contribution in [0.25, 0.3) is 11.1 Å². The van der Waals surface area contributed by atoms with E-state index >= 15 is 0 Å². The molecule has 1 saturated heterocycles. The van der Waals surface area contributed by atoms with Crippen molar-refractivity contribution >= 4 is 46.6 Å². The Bertz CT molecular complexity index is 1150. The third-order valence-electron chi connectivity index (χ3n) is 5.58. The van der Waals surface area contributed by atoms with E-state index in [1.54, 1.807) is 0 Å². The number of imide groups is 1. The van der Waals surface area contributed by atoms with E-state index in [0.29, 0.717) is 22.9 Å². The van der Waals surface area contributed by atoms with Gasteiger partial charge in [-0.2, -0.15) is 0 Å². The van der Waals surface area contributed by atoms with E-state index in [2.05, 4.69) is 5.32 Å². The van der Waals surface area contributed by atoms with Crippen molar-refractivity contribution < 1.29 is 28.8 Å². The molecule has 2 amide bonds. The zero-order chi connectivity index (χ0) is 23.5. The first-order valence-electron chi connectivity index (χ1n) is 10.6. The molecule has 1 atom stereocenters. The first-order valence-corrected chi connectivity index (χ1v) is 11.0. The Balaban J connectivity index is 1.49. The summed E-state index contributed by atoms with van der Waals surface area (Å²) in [5.41, 5.74) is 4.75. The van der Waals surface area contributed by atoms with Gasteiger partial charge in [-0.25, -0.2) is 4.79 Å². The van der Waals surface area contributed by atoms with Crippen molar-refractivity contribution in [3.05, 3.63) is 53.6 Å². The molecule has 4 rings (SSSR count). The molecule has 0 bridgehead atoms. The molecule has 0 saturated carbocycles. The average Bonchev–Trinajstić information content (AvgIpc) is 3.27. The summed E-state index contributed by atoms with van der Waals surface area (Å²) in [5, 5.41) is 3.62. The van der Waals surface area contributed by atoms with Crippen LogP contribution >= 0.6 is 12.2 Å². The molecule has 1 aliphatic carbocycles. The first-order chi connectivity index (χ1) is 15.8. The monoisotopic (exact) mass is 466 g/mol. The fourth-order valence-corrected chi connectivity index (χ4v) is 4.21. The highest BCUT2D eigenvalue weighted by Crippen LogP contribution is 2.45. The number of hydrogen-bond donors (Lipinski definition) is 1. The molecule has 9 heteroatoms. The van der Waals surface area contributed by atoms with Gasteiger partial charge in [0.1, 0.15) is 12.4 Å². The fraction of sp³-hybridized carbons (Fsp3) is 0.292. The van der Waals surface area contributed by atoms with Gasteiger partial charge in [-0.05, 0) is 41.3 Å². The molecule has 8 nitrogen and oxygen atoms in total. The summed E-state index contributed by atoms with van der Waals surface area (Å²) in [6.07, 6.45) is -0.236. The zero-order valence-electron chi connectivity index (χ0n) is 18.0. The zero-order valence-corrected chi connectivity index (χ0v) is 18.8. The third-order valence-corrected chi connectivity index (χ3v) is 5.89. The van der Waals surface area contributed by atoms with E-state index < -0.39 is 18.0 Å². The molecule has 1 heterocycles. The van der Waals surface area contributed by atoms with Crippen molar-refractivity contribution in [2.75, 3.05) is 11.9 Å². The number of nitrogens with one attached hydrogen (secondary N) is 1. The Morgan fingerprint density at radius 3 is 2.45 bits per heavy atom. The van der Waals surface area contributed by atoms with Gasteiger partial charge in [0.2, 0.25) is 0 Å². The quantitative estimate of drug-likeness (QED) is 0.369. The topological polar surface area (TPSA) is 102 Å². The van der Waals surface area contributed by atoms with Crippen LogP contribution in [0.5, 0.6) is 0 Å². The van der Waals surface area contributed by atoms with Gasteiger partial charge < -0.3 is 14.8 Å². The van der Waals surface area contributed by atoms with Crippen LogP contribution < -0.4 is 5.32 Å². The van der Waals surface area contributed by atoms with Crippen LogP contribution in [-0.4, -0.2) is 40.4 Å². The minimum atomic E-state index is -1.11. The van der Waals surface area contributed by atoms with Crippen LogP contribution in [0.1, 0.15) is 49.7 Å². The van der Waals surface area contributed by atoms with Crippen LogP contribution in [0, 0.1) is 0 Å². The van der Waals surface area contributed by atoms with Gasteiger partial charge in [-0.3, -0.25) is 14.4 Å². The lowest BCUT2D eigenvalue weighted by Gasteiger charge is -2.17. The molecule has 0 aromatic heterocycles. The van der Waals surface area contributed by atoms with E-state index in [4.69, 9.17) is 21.8 Å². The molecule has 2 aliphatic rings. The molecular weight excluding hydrogens is 444 g/mol. The number of ether oxygens (including phenoxy) is 1. The standard InChI is InChI=1S/C24H22N2O6S/c1-14(27)6-9-21(33)25-15-7-8-18-16-4-2-3-5-17(16)20(19(18)12-15)13-31-24(30)32-26-22(28)10-11-23(26)29/h2-5,7-8,12,20H,6,9-11,13H2,1H3,(H,25,33). The van der Waals surface area contributed by atoms with Crippen LogP contribution in [0.3, 0.4) is 0 Å². The lowest BCUT2D eigenvalue weighted by atomic mass is 9.97. The van der Waals surface area contributed by atoms with E-state index in [1.165, 1.54) is 6.92 Å². The SMILES string of the molecule is CC(=O)CCC(=S)Nc1ccc2c(c1)C(COC(=O)ON1C(=O)CCC1=O)c1ccccc1-2. The summed E-state index contributed by atoms with van der Waals surface area (Å²) in [6, 6.07) is 13.6. The third kappa shape index (κ3) is 4.93. The van der Waals surface area contributed by atoms with Crippen molar-refractivity contribution in [3.8, 4) is 11.1 Å². The number of nitrogens with zero attached hydrogens (tertiary/aromatic N) is 1. The maximum atomic E-state index is 12.2. The number of anilines is 1. The number of ketones is 1. The second-order valence-electron chi connectivity index (χ2n) is 7.93. The number of hydroxylamine groups is 2. The van der Waals surface area contributed by atoms with Crippen molar-refractivity contribution in [2.45, 2.75) is 38.5 Å². The molecular formula is C24H22N2O6S. The molecule has 1 fully saturated rings. The summed E-state index contributed by atoms with van der Waals surface area (Å²) >= 11 is 5.34. The largest absolute Gasteiger partial charge is 0.533 e. The molecule has 33 heavy (non-hydrogen) atoms. The summed E-state index contributed by atoms with van der Waals surface area (Å²) in [4.78, 5) is 52.1. The Labute approximate surface area is 195 Å². The second-order valence-corrected chi connectivity index (χ2v) is 8.42. The fourth-order valence-electron chi connectivity index (χ4n) is 3.99. The number of Topliss-reactive ketones (excluding diaryl/α,β-unsaturated/α-hetero) is 1. The second kappa shape index (κ2) is 9.50. The van der Waals surface area contributed by atoms with E-state index in [1.807, 2.05) is 42.5 Å². The lowest BCUT2D eigenvalue weighted by molar-refractivity contribution is -0.177. The van der Waals surface area contributed by atoms with E-state index in [0.717, 1.165) is 27.9 Å². The molecule has 2 aromatic rings. The number of thiocarbonyl (C=S) groups is 1. The van der Waals surface area contributed by atoms with Crippen molar-refractivity contribution in [1.82, 2.24) is 5.06 Å². The maximum absolute atomic E-state index is 12.2. The van der Waals surface area contributed by atoms with Crippen LogP contribution in [-0.2, 0) is 24.0 Å². The van der Waals surface area contributed by atoms with Crippen LogP contribution in [0.15, 0.2) is 42.5 Å². The Morgan fingerprint density at radius 1 is 1.03 bits per heavy atom. The highest BCUT2D eigenvalue weighted by Gasteiger charge is 2.34. The average molecular weight is 467 g/mol. The Kier molecular flexibility index (Phi) is 6.50. The first kappa shape index (κ1) is 22.6. The number of carbonyl (C=O) groups excluding carboxylic acids is 4. The summed E-state index contributed by atoms with van der Waals surface area (Å²) in [7, 11) is 0. The van der Waals surface area contributed by atoms with Crippen molar-refractivity contribution in [3.63, 3.8) is 0 Å². The molecule has 1 aliphatic heterocycles. The lowest BCUT2D eigenvalue weighted by Crippen LogP contribution is -2.32. The van der Waals surface area contributed by atoms with Gasteiger partial charge in [-0.15, -0.1) is 0 Å². The van der Waals surface area contributed by atoms with Crippen molar-refractivity contribution in [2.24, 2.45) is 0 Å². The van der Waals surface area contributed by atoms with Crippen molar-refractivity contribution in [1.29, 1.82) is 0 Å². The number of hydrogen-bond acceptors (Lipinski definition) is 7. The van der Waals surface area contributed by atoms with E-state index in [-0.39, 0.29) is 31.1 Å². The molecule has 0 spiro atoms. The van der Waals surface area contributed by atoms with E-state index in [9.17, 15) is 19.2 Å². The van der Waals surface area contributed by atoms with Gasteiger partial charge in [0.05, 0.1) is 4.99 Å². The molecule has 1 N–H and O–H groups in total. The normalized spacial score (nSPS) is 16.3. The smallest absolute Gasteiger partial charge is 0.432 e. The van der Waals surface area contributed by atoms with Gasteiger partial charge in [0.25, 0.3) is 11.8 Å². The number of rotatable bonds is 7. The van der Waals surface area contributed by atoms with Gasteiger partial charge >= 0.3 is 6.16 Å². The Hall–Kier alpha value is -3.59. The Morgan fingerprint density at radius 2 is 1.73 bits per heavy atom. The van der Waals surface area contributed by atoms with Gasteiger partial charge in [0.15, 0.2) is 0 Å². The predicted molar refractivity (Wildman–Crippen MR) is 123 cm³/mol. The minimum absolute atomic E-state index is 0.0134. The molecule has 170 valence electrons. The highest BCUT2D eigenvalue weighted by molar-refractivity contribution is 7.80. The number of amides is 2. The molecule has 0 radical (unpaired) electrons. The summed E-state index contributed by atoms with van der Waals surface area (Å²) < 4.78 is 5.29. The number of benzene rings is 2. The number of fused-ring (bicyclic) bond motifs is 3. The van der Waals surface area contributed by atoms with Gasteiger partial charge in [-0.1, -0.05) is 47.6 Å². The number of carbonyl (C=O) groups is 4. The van der Waals surface area contributed by atoms with Gasteiger partial charge in [0, 0.05) is 37.3 Å². The van der Waals surface area contributed by atoms with Crippen LogP contribution in [0.4, 0.5) is 10.5 Å².